The van der Waals surface area contributed by atoms with Crippen LogP contribution >= 0.6 is 0 Å². The summed E-state index contributed by atoms with van der Waals surface area (Å²) in [6.07, 6.45) is 9.69. The van der Waals surface area contributed by atoms with Crippen LogP contribution in [0.25, 0.3) is 0 Å². The van der Waals surface area contributed by atoms with E-state index >= 15 is 0 Å². The summed E-state index contributed by atoms with van der Waals surface area (Å²) in [6.45, 7) is 18.9. The number of ketones is 1. The van der Waals surface area contributed by atoms with Gasteiger partial charge in [-0.2, -0.15) is 0 Å². The van der Waals surface area contributed by atoms with Gasteiger partial charge in [0.2, 0.25) is 0 Å². The SMILES string of the molecule is C=CC(=O)CCC.CCC.C\C=C/C(=C(C(=C\C)\Nc1ccc(OC(F)(F)F)cc1)/C(=C/CC)CC)N1CCC(O)C1. The molecule has 1 aromatic rings. The van der Waals surface area contributed by atoms with Crippen molar-refractivity contribution in [1.82, 2.24) is 4.90 Å². The highest BCUT2D eigenvalue weighted by Crippen LogP contribution is 2.32. The number of ether oxygens (including phenoxy) is 1. The van der Waals surface area contributed by atoms with E-state index in [4.69, 9.17) is 0 Å². The van der Waals surface area contributed by atoms with Crippen molar-refractivity contribution in [3.63, 3.8) is 0 Å². The van der Waals surface area contributed by atoms with Crippen LogP contribution in [0.3, 0.4) is 0 Å². The Bertz CT molecular complexity index is 1050. The molecule has 5 nitrogen and oxygen atoms in total. The average molecular weight is 593 g/mol. The average Bonchev–Trinajstić information content (AvgIpc) is 3.38. The first-order valence-corrected chi connectivity index (χ1v) is 14.9. The summed E-state index contributed by atoms with van der Waals surface area (Å²) >= 11 is 0. The Morgan fingerprint density at radius 3 is 2.14 bits per heavy atom. The second kappa shape index (κ2) is 21.4. The summed E-state index contributed by atoms with van der Waals surface area (Å²) < 4.78 is 41.4. The standard InChI is InChI=1S/C25H33F3N2O2.C6H10O.C3H8/c1-5-9-18(7-3)24(23(10-6-2)30-16-15-20(31)17-30)22(8-4)29-19-11-13-21(14-12-19)32-25(26,27)28;1-3-5-6(7)4-2;1-3-2/h6,8-14,20,29,31H,5,7,15-17H2,1-4H3;4H,2-3,5H2,1H3;3H2,1-2H3/b10-6-,18-9+,22-8-,24-23+;;. The monoisotopic (exact) mass is 592 g/mol. The van der Waals surface area contributed by atoms with Crippen LogP contribution in [0, 0.1) is 0 Å². The zero-order valence-electron chi connectivity index (χ0n) is 26.5. The maximum atomic E-state index is 12.5. The van der Waals surface area contributed by atoms with Gasteiger partial charge in [-0.1, -0.05) is 65.8 Å². The third-order valence-electron chi connectivity index (χ3n) is 5.89. The van der Waals surface area contributed by atoms with Crippen LogP contribution in [0.15, 0.2) is 83.8 Å². The number of rotatable bonds is 12. The highest BCUT2D eigenvalue weighted by Gasteiger charge is 2.31. The molecule has 1 saturated heterocycles. The zero-order valence-corrected chi connectivity index (χ0v) is 26.5. The fourth-order valence-corrected chi connectivity index (χ4v) is 4.13. The molecule has 1 aliphatic rings. The summed E-state index contributed by atoms with van der Waals surface area (Å²) in [5.74, 6) is -0.121. The molecule has 8 heteroatoms. The van der Waals surface area contributed by atoms with E-state index in [2.05, 4.69) is 61.4 Å². The number of carbonyl (C=O) groups excluding carboxylic acids is 1. The number of aliphatic hydroxyl groups is 1. The number of alkyl halides is 3. The molecule has 2 N–H and O–H groups in total. The number of hydrogen-bond donors (Lipinski definition) is 2. The van der Waals surface area contributed by atoms with Crippen LogP contribution in [0.5, 0.6) is 5.75 Å². The van der Waals surface area contributed by atoms with E-state index in [9.17, 15) is 23.1 Å². The van der Waals surface area contributed by atoms with Crippen molar-refractivity contribution in [3.05, 3.63) is 83.8 Å². The van der Waals surface area contributed by atoms with Crippen molar-refractivity contribution < 1.29 is 27.8 Å². The van der Waals surface area contributed by atoms with E-state index in [1.807, 2.05) is 32.9 Å². The van der Waals surface area contributed by atoms with Gasteiger partial charge in [-0.3, -0.25) is 4.79 Å². The van der Waals surface area contributed by atoms with Crippen LogP contribution in [-0.2, 0) is 4.79 Å². The largest absolute Gasteiger partial charge is 0.573 e. The van der Waals surface area contributed by atoms with Gasteiger partial charge < -0.3 is 20.1 Å². The highest BCUT2D eigenvalue weighted by atomic mass is 19.4. The minimum Gasteiger partial charge on any atom is -0.406 e. The minimum atomic E-state index is -4.72. The first-order valence-electron chi connectivity index (χ1n) is 14.9. The molecule has 1 unspecified atom stereocenters. The van der Waals surface area contributed by atoms with E-state index in [1.54, 1.807) is 12.1 Å². The lowest BCUT2D eigenvalue weighted by atomic mass is 9.95. The summed E-state index contributed by atoms with van der Waals surface area (Å²) in [5, 5.41) is 13.5. The van der Waals surface area contributed by atoms with Crippen molar-refractivity contribution in [2.24, 2.45) is 0 Å². The van der Waals surface area contributed by atoms with Crippen LogP contribution < -0.4 is 10.1 Å². The third kappa shape index (κ3) is 15.1. The minimum absolute atomic E-state index is 0.141. The maximum absolute atomic E-state index is 12.5. The molecule has 0 aromatic heterocycles. The smallest absolute Gasteiger partial charge is 0.406 e. The van der Waals surface area contributed by atoms with Crippen LogP contribution in [0.1, 0.15) is 87.0 Å². The number of hydrogen-bond acceptors (Lipinski definition) is 5. The number of likely N-dealkylation sites (tertiary alicyclic amines) is 1. The predicted octanol–water partition coefficient (Wildman–Crippen LogP) is 9.50. The van der Waals surface area contributed by atoms with E-state index in [0.29, 0.717) is 25.1 Å². The number of aliphatic hydroxyl groups excluding tert-OH is 1. The van der Waals surface area contributed by atoms with Crippen molar-refractivity contribution in [1.29, 1.82) is 0 Å². The van der Waals surface area contributed by atoms with Crippen molar-refractivity contribution in [2.75, 3.05) is 18.4 Å². The molecule has 42 heavy (non-hydrogen) atoms. The second-order valence-corrected chi connectivity index (χ2v) is 9.67. The lowest BCUT2D eigenvalue weighted by Gasteiger charge is -2.27. The summed E-state index contributed by atoms with van der Waals surface area (Å²) in [5.41, 5.74) is 4.71. The Morgan fingerprint density at radius 2 is 1.76 bits per heavy atom. The Kier molecular flexibility index (Phi) is 19.8. The number of nitrogens with one attached hydrogen (secondary N) is 1. The fraction of sp³-hybridized carbons (Fsp3) is 0.500. The number of benzene rings is 1. The van der Waals surface area contributed by atoms with Gasteiger partial charge in [0.1, 0.15) is 5.75 Å². The molecular weight excluding hydrogens is 541 g/mol. The molecule has 0 aliphatic carbocycles. The van der Waals surface area contributed by atoms with Crippen molar-refractivity contribution in [2.45, 2.75) is 99.5 Å². The first-order chi connectivity index (χ1) is 19.9. The van der Waals surface area contributed by atoms with E-state index in [-0.39, 0.29) is 17.6 Å². The molecule has 0 saturated carbocycles. The quantitative estimate of drug-likeness (QED) is 0.187. The summed E-state index contributed by atoms with van der Waals surface area (Å²) in [4.78, 5) is 12.5. The van der Waals surface area contributed by atoms with Gasteiger partial charge >= 0.3 is 6.36 Å². The van der Waals surface area contributed by atoms with E-state index in [0.717, 1.165) is 42.8 Å². The zero-order chi connectivity index (χ0) is 32.1. The number of carbonyl (C=O) groups is 1. The number of halogens is 3. The molecule has 236 valence electrons. The lowest BCUT2D eigenvalue weighted by Crippen LogP contribution is -2.24. The maximum Gasteiger partial charge on any atom is 0.573 e. The second-order valence-electron chi connectivity index (χ2n) is 9.67. The summed E-state index contributed by atoms with van der Waals surface area (Å²) in [7, 11) is 0. The first kappa shape index (κ1) is 38.7. The lowest BCUT2D eigenvalue weighted by molar-refractivity contribution is -0.274. The molecule has 1 aliphatic heterocycles. The molecule has 0 radical (unpaired) electrons. The Hall–Kier alpha value is -3.26. The van der Waals surface area contributed by atoms with Crippen LogP contribution in [-0.4, -0.2) is 41.3 Å². The van der Waals surface area contributed by atoms with Gasteiger partial charge in [-0.15, -0.1) is 13.2 Å². The fourth-order valence-electron chi connectivity index (χ4n) is 4.13. The molecule has 1 aromatic carbocycles. The van der Waals surface area contributed by atoms with Gasteiger partial charge in [0.05, 0.1) is 6.10 Å². The molecular formula is C34H51F3N2O3. The van der Waals surface area contributed by atoms with E-state index in [1.165, 1.54) is 30.2 Å². The van der Waals surface area contributed by atoms with Crippen LogP contribution in [0.4, 0.5) is 18.9 Å². The number of nitrogens with zero attached hydrogens (tertiary/aromatic N) is 1. The number of allylic oxidation sites excluding steroid dienone is 6. The predicted molar refractivity (Wildman–Crippen MR) is 169 cm³/mol. The molecule has 1 heterocycles. The van der Waals surface area contributed by atoms with Gasteiger partial charge in [-0.05, 0) is 81.5 Å². The van der Waals surface area contributed by atoms with Gasteiger partial charge in [-0.25, -0.2) is 0 Å². The van der Waals surface area contributed by atoms with E-state index < -0.39 is 6.36 Å². The Morgan fingerprint density at radius 1 is 1.14 bits per heavy atom. The molecule has 0 spiro atoms. The Labute approximate surface area is 251 Å². The molecule has 1 atom stereocenters. The Balaban J connectivity index is 0.00000144. The third-order valence-corrected chi connectivity index (χ3v) is 5.89. The molecule has 0 amide bonds. The molecule has 2 rings (SSSR count). The van der Waals surface area contributed by atoms with Crippen molar-refractivity contribution in [3.8, 4) is 5.75 Å². The summed E-state index contributed by atoms with van der Waals surface area (Å²) in [6, 6.07) is 5.70. The number of anilines is 1. The molecule has 0 bridgehead atoms. The highest BCUT2D eigenvalue weighted by molar-refractivity contribution is 5.88. The normalized spacial score (nSPS) is 16.2. The molecule has 1 fully saturated rings. The van der Waals surface area contributed by atoms with Gasteiger partial charge in [0.25, 0.3) is 0 Å². The number of β-amino-alcohol motifs (C(OH)–C–C–N with tert-alkyl or cyclic N) is 1. The van der Waals surface area contributed by atoms with Crippen molar-refractivity contribution >= 4 is 11.5 Å². The van der Waals surface area contributed by atoms with Gasteiger partial charge in [0.15, 0.2) is 5.78 Å². The topological polar surface area (TPSA) is 61.8 Å². The van der Waals surface area contributed by atoms with Crippen LogP contribution in [0.2, 0.25) is 0 Å². The van der Waals surface area contributed by atoms with Gasteiger partial charge in [0, 0.05) is 42.2 Å².